The van der Waals surface area contributed by atoms with Crippen molar-refractivity contribution in [3.05, 3.63) is 16.1 Å². The molecule has 2 rings (SSSR count). The van der Waals surface area contributed by atoms with Gasteiger partial charge in [0.25, 0.3) is 0 Å². The van der Waals surface area contributed by atoms with E-state index < -0.39 is 0 Å². The summed E-state index contributed by atoms with van der Waals surface area (Å²) in [5.41, 5.74) is 1.10. The maximum Gasteiger partial charge on any atom is 0.191 e. The molecule has 0 radical (unpaired) electrons. The lowest BCUT2D eigenvalue weighted by Gasteiger charge is -2.32. The first-order valence-electron chi connectivity index (χ1n) is 8.52. The van der Waals surface area contributed by atoms with Gasteiger partial charge in [-0.15, -0.1) is 11.3 Å². The number of aromatic nitrogens is 1. The van der Waals surface area contributed by atoms with Crippen molar-refractivity contribution >= 4 is 17.3 Å². The van der Waals surface area contributed by atoms with Crippen molar-refractivity contribution in [3.63, 3.8) is 0 Å². The van der Waals surface area contributed by atoms with Crippen LogP contribution in [-0.2, 0) is 13.0 Å². The smallest absolute Gasteiger partial charge is 0.191 e. The van der Waals surface area contributed by atoms with Crippen molar-refractivity contribution < 1.29 is 0 Å². The fourth-order valence-electron chi connectivity index (χ4n) is 3.08. The first kappa shape index (κ1) is 17.3. The Kier molecular flexibility index (Phi) is 6.68. The number of thiazole rings is 1. The van der Waals surface area contributed by atoms with Crippen LogP contribution in [0.3, 0.4) is 0 Å². The van der Waals surface area contributed by atoms with Crippen LogP contribution < -0.4 is 10.6 Å². The minimum absolute atomic E-state index is 0.558. The van der Waals surface area contributed by atoms with Gasteiger partial charge in [-0.1, -0.05) is 20.8 Å². The Bertz CT molecular complexity index is 473. The average molecular weight is 323 g/mol. The quantitative estimate of drug-likeness (QED) is 0.643. The van der Waals surface area contributed by atoms with E-state index in [4.69, 9.17) is 0 Å². The molecule has 0 unspecified atom stereocenters. The predicted octanol–water partition coefficient (Wildman–Crippen LogP) is 3.59. The molecule has 124 valence electrons. The van der Waals surface area contributed by atoms with Gasteiger partial charge in [-0.25, -0.2) is 4.98 Å². The number of aryl methyl sites for hydroxylation is 1. The highest BCUT2D eigenvalue weighted by Gasteiger charge is 2.23. The maximum atomic E-state index is 4.58. The third-order valence-electron chi connectivity index (χ3n) is 4.62. The first-order chi connectivity index (χ1) is 10.6. The minimum atomic E-state index is 0.558. The highest BCUT2D eigenvalue weighted by atomic mass is 32.1. The third-order valence-corrected chi connectivity index (χ3v) is 5.66. The van der Waals surface area contributed by atoms with Gasteiger partial charge in [-0.3, -0.25) is 4.99 Å². The van der Waals surface area contributed by atoms with Crippen LogP contribution in [0.1, 0.15) is 57.2 Å². The summed E-state index contributed by atoms with van der Waals surface area (Å²) in [4.78, 5) is 8.93. The van der Waals surface area contributed by atoms with Crippen LogP contribution in [0.15, 0.2) is 10.4 Å². The summed E-state index contributed by atoms with van der Waals surface area (Å²) in [7, 11) is 1.84. The second-order valence-electron chi connectivity index (χ2n) is 6.51. The van der Waals surface area contributed by atoms with Crippen LogP contribution in [-0.4, -0.2) is 24.0 Å². The van der Waals surface area contributed by atoms with Gasteiger partial charge < -0.3 is 10.6 Å². The standard InChI is InChI=1S/C17H30N4S/c1-5-16-20-15(11-22-16)10-19-17(18-4)21-14-8-6-13(7-9-14)12(2)3/h11-14H,5-10H2,1-4H3,(H2,18,19,21). The molecule has 2 N–H and O–H groups in total. The Morgan fingerprint density at radius 1 is 1.36 bits per heavy atom. The summed E-state index contributed by atoms with van der Waals surface area (Å²) in [6.07, 6.45) is 6.17. The van der Waals surface area contributed by atoms with Crippen molar-refractivity contribution in [2.24, 2.45) is 16.8 Å². The Morgan fingerprint density at radius 3 is 2.64 bits per heavy atom. The number of hydrogen-bond acceptors (Lipinski definition) is 3. The van der Waals surface area contributed by atoms with Crippen molar-refractivity contribution in [1.29, 1.82) is 0 Å². The number of aliphatic imine (C=N–C) groups is 1. The van der Waals surface area contributed by atoms with E-state index in [1.807, 2.05) is 7.05 Å². The monoisotopic (exact) mass is 322 g/mol. The molecule has 1 aliphatic carbocycles. The zero-order valence-corrected chi connectivity index (χ0v) is 15.2. The average Bonchev–Trinajstić information content (AvgIpc) is 3.00. The molecule has 0 atom stereocenters. The van der Waals surface area contributed by atoms with E-state index in [9.17, 15) is 0 Å². The molecule has 0 aromatic carbocycles. The zero-order chi connectivity index (χ0) is 15.9. The molecular formula is C17H30N4S. The highest BCUT2D eigenvalue weighted by Crippen LogP contribution is 2.29. The van der Waals surface area contributed by atoms with Crippen molar-refractivity contribution in [1.82, 2.24) is 15.6 Å². The Morgan fingerprint density at radius 2 is 2.09 bits per heavy atom. The van der Waals surface area contributed by atoms with E-state index >= 15 is 0 Å². The van der Waals surface area contributed by atoms with E-state index in [0.29, 0.717) is 6.04 Å². The second kappa shape index (κ2) is 8.51. The summed E-state index contributed by atoms with van der Waals surface area (Å²) in [6, 6.07) is 0.558. The summed E-state index contributed by atoms with van der Waals surface area (Å²) in [5, 5.41) is 10.3. The molecule has 0 aliphatic heterocycles. The molecule has 1 fully saturated rings. The molecule has 5 heteroatoms. The second-order valence-corrected chi connectivity index (χ2v) is 7.45. The van der Waals surface area contributed by atoms with E-state index in [-0.39, 0.29) is 0 Å². The van der Waals surface area contributed by atoms with Gasteiger partial charge in [0.15, 0.2) is 5.96 Å². The molecule has 1 aromatic heterocycles. The number of hydrogen-bond donors (Lipinski definition) is 2. The fraction of sp³-hybridized carbons (Fsp3) is 0.765. The Labute approximate surface area is 138 Å². The van der Waals surface area contributed by atoms with Crippen LogP contribution in [0.4, 0.5) is 0 Å². The normalized spacial score (nSPS) is 22.9. The van der Waals surface area contributed by atoms with E-state index in [0.717, 1.165) is 36.5 Å². The molecule has 22 heavy (non-hydrogen) atoms. The van der Waals surface area contributed by atoms with Gasteiger partial charge >= 0.3 is 0 Å². The van der Waals surface area contributed by atoms with Gasteiger partial charge in [-0.05, 0) is 43.9 Å². The number of rotatable bonds is 5. The van der Waals surface area contributed by atoms with E-state index in [1.165, 1.54) is 30.7 Å². The lowest BCUT2D eigenvalue weighted by Crippen LogP contribution is -2.44. The molecule has 0 bridgehead atoms. The molecule has 4 nitrogen and oxygen atoms in total. The molecule has 0 spiro atoms. The van der Waals surface area contributed by atoms with Crippen molar-refractivity contribution in [2.45, 2.75) is 65.5 Å². The first-order valence-corrected chi connectivity index (χ1v) is 9.40. The van der Waals surface area contributed by atoms with Crippen molar-refractivity contribution in [3.8, 4) is 0 Å². The lowest BCUT2D eigenvalue weighted by molar-refractivity contribution is 0.250. The van der Waals surface area contributed by atoms with Crippen LogP contribution >= 0.6 is 11.3 Å². The summed E-state index contributed by atoms with van der Waals surface area (Å²) >= 11 is 1.74. The Balaban J connectivity index is 1.76. The zero-order valence-electron chi connectivity index (χ0n) is 14.4. The number of nitrogens with zero attached hydrogens (tertiary/aromatic N) is 2. The molecule has 1 aromatic rings. The Hall–Kier alpha value is -1.10. The lowest BCUT2D eigenvalue weighted by atomic mass is 9.80. The van der Waals surface area contributed by atoms with Crippen LogP contribution in [0.25, 0.3) is 0 Å². The van der Waals surface area contributed by atoms with Gasteiger partial charge in [0.2, 0.25) is 0 Å². The summed E-state index contributed by atoms with van der Waals surface area (Å²) in [6.45, 7) is 7.58. The van der Waals surface area contributed by atoms with Gasteiger partial charge in [0, 0.05) is 18.5 Å². The fourth-order valence-corrected chi connectivity index (χ4v) is 3.83. The van der Waals surface area contributed by atoms with Crippen LogP contribution in [0.5, 0.6) is 0 Å². The summed E-state index contributed by atoms with van der Waals surface area (Å²) in [5.74, 6) is 2.62. The van der Waals surface area contributed by atoms with E-state index in [2.05, 4.69) is 46.8 Å². The molecule has 1 saturated carbocycles. The molecular weight excluding hydrogens is 292 g/mol. The highest BCUT2D eigenvalue weighted by molar-refractivity contribution is 7.09. The SMILES string of the molecule is CCc1nc(CNC(=NC)NC2CCC(C(C)C)CC2)cs1. The molecule has 1 aliphatic rings. The third kappa shape index (κ3) is 4.97. The minimum Gasteiger partial charge on any atom is -0.354 e. The van der Waals surface area contributed by atoms with Gasteiger partial charge in [0.1, 0.15) is 0 Å². The maximum absolute atomic E-state index is 4.58. The summed E-state index contributed by atoms with van der Waals surface area (Å²) < 4.78 is 0. The van der Waals surface area contributed by atoms with Gasteiger partial charge in [-0.2, -0.15) is 0 Å². The number of guanidine groups is 1. The van der Waals surface area contributed by atoms with Crippen molar-refractivity contribution in [2.75, 3.05) is 7.05 Å². The van der Waals surface area contributed by atoms with E-state index in [1.54, 1.807) is 11.3 Å². The molecule has 1 heterocycles. The largest absolute Gasteiger partial charge is 0.354 e. The van der Waals surface area contributed by atoms with Crippen LogP contribution in [0.2, 0.25) is 0 Å². The topological polar surface area (TPSA) is 49.3 Å². The molecule has 0 amide bonds. The van der Waals surface area contributed by atoms with Gasteiger partial charge in [0.05, 0.1) is 17.2 Å². The number of nitrogens with one attached hydrogen (secondary N) is 2. The molecule has 0 saturated heterocycles. The van der Waals surface area contributed by atoms with Crippen LogP contribution in [0, 0.1) is 11.8 Å². The predicted molar refractivity (Wildman–Crippen MR) is 95.4 cm³/mol.